The van der Waals surface area contributed by atoms with Crippen LogP contribution in [0.4, 0.5) is 5.69 Å². The number of anilines is 1. The highest BCUT2D eigenvalue weighted by atomic mass is 32.2. The van der Waals surface area contributed by atoms with Crippen LogP contribution in [0.5, 0.6) is 11.5 Å². The Bertz CT molecular complexity index is 1100. The summed E-state index contributed by atoms with van der Waals surface area (Å²) in [5.74, 6) is 0.0432. The van der Waals surface area contributed by atoms with E-state index in [4.69, 9.17) is 9.47 Å². The van der Waals surface area contributed by atoms with Gasteiger partial charge < -0.3 is 19.7 Å². The lowest BCUT2D eigenvalue weighted by atomic mass is 10.1. The SMILES string of the molecule is COc1cccc(CN(C(=O)CN(c2ccccc2OC)S(C)(=O)=O)[C@@H](C)C(=O)NC(C)C)c1. The Balaban J connectivity index is 2.44. The molecule has 0 radical (unpaired) electrons. The first-order valence-corrected chi connectivity index (χ1v) is 12.7. The predicted octanol–water partition coefficient (Wildman–Crippen LogP) is 2.41. The third-order valence-electron chi connectivity index (χ3n) is 5.12. The number of hydrogen-bond acceptors (Lipinski definition) is 6. The number of nitrogens with one attached hydrogen (secondary N) is 1. The number of rotatable bonds is 11. The molecule has 0 aliphatic heterocycles. The average Bonchev–Trinajstić information content (AvgIpc) is 2.79. The minimum absolute atomic E-state index is 0.0895. The van der Waals surface area contributed by atoms with Gasteiger partial charge in [0, 0.05) is 12.6 Å². The summed E-state index contributed by atoms with van der Waals surface area (Å²) in [6.45, 7) is 4.86. The summed E-state index contributed by atoms with van der Waals surface area (Å²) in [6, 6.07) is 12.7. The maximum Gasteiger partial charge on any atom is 0.244 e. The van der Waals surface area contributed by atoms with Crippen molar-refractivity contribution in [2.24, 2.45) is 0 Å². The van der Waals surface area contributed by atoms with Gasteiger partial charge in [-0.1, -0.05) is 24.3 Å². The molecule has 0 bridgehead atoms. The van der Waals surface area contributed by atoms with E-state index < -0.39 is 28.5 Å². The van der Waals surface area contributed by atoms with Gasteiger partial charge in [0.2, 0.25) is 21.8 Å². The quantitative estimate of drug-likeness (QED) is 0.518. The van der Waals surface area contributed by atoms with Crippen LogP contribution in [0.25, 0.3) is 0 Å². The van der Waals surface area contributed by atoms with Gasteiger partial charge in [0.15, 0.2) is 0 Å². The molecule has 2 aromatic carbocycles. The molecular weight excluding hydrogens is 458 g/mol. The van der Waals surface area contributed by atoms with Gasteiger partial charge in [0.25, 0.3) is 0 Å². The second kappa shape index (κ2) is 11.7. The standard InChI is InChI=1S/C24H33N3O6S/c1-17(2)25-24(29)18(3)26(15-19-10-9-11-20(14-19)32-4)23(28)16-27(34(6,30)31)21-12-7-8-13-22(21)33-5/h7-14,17-18H,15-16H2,1-6H3,(H,25,29)/t18-/m0/s1. The number of nitrogens with zero attached hydrogens (tertiary/aromatic N) is 2. The maximum atomic E-state index is 13.5. The third kappa shape index (κ3) is 7.11. The number of sulfonamides is 1. The molecule has 10 heteroatoms. The summed E-state index contributed by atoms with van der Waals surface area (Å²) in [6.07, 6.45) is 1.02. The zero-order valence-corrected chi connectivity index (χ0v) is 21.3. The Morgan fingerprint density at radius 1 is 1.00 bits per heavy atom. The van der Waals surface area contributed by atoms with Gasteiger partial charge >= 0.3 is 0 Å². The first kappa shape index (κ1) is 27.0. The molecular formula is C24H33N3O6S. The topological polar surface area (TPSA) is 105 Å². The van der Waals surface area contributed by atoms with Crippen molar-refractivity contribution in [1.82, 2.24) is 10.2 Å². The largest absolute Gasteiger partial charge is 0.497 e. The fourth-order valence-electron chi connectivity index (χ4n) is 3.39. The Labute approximate surface area is 201 Å². The number of benzene rings is 2. The highest BCUT2D eigenvalue weighted by molar-refractivity contribution is 7.92. The summed E-state index contributed by atoms with van der Waals surface area (Å²) in [5, 5.41) is 2.81. The molecule has 2 aromatic rings. The van der Waals surface area contributed by atoms with Crippen molar-refractivity contribution < 1.29 is 27.5 Å². The van der Waals surface area contributed by atoms with Crippen molar-refractivity contribution in [1.29, 1.82) is 0 Å². The molecule has 0 spiro atoms. The number of amides is 2. The van der Waals surface area contributed by atoms with Gasteiger partial charge in [0.05, 0.1) is 26.2 Å². The van der Waals surface area contributed by atoms with Crippen molar-refractivity contribution in [3.63, 3.8) is 0 Å². The molecule has 9 nitrogen and oxygen atoms in total. The molecule has 34 heavy (non-hydrogen) atoms. The zero-order valence-electron chi connectivity index (χ0n) is 20.4. The highest BCUT2D eigenvalue weighted by Gasteiger charge is 2.31. The van der Waals surface area contributed by atoms with Gasteiger partial charge in [-0.3, -0.25) is 13.9 Å². The Kier molecular flexibility index (Phi) is 9.31. The van der Waals surface area contributed by atoms with Crippen molar-refractivity contribution in [2.75, 3.05) is 31.3 Å². The van der Waals surface area contributed by atoms with Crippen LogP contribution in [0, 0.1) is 0 Å². The fourth-order valence-corrected chi connectivity index (χ4v) is 4.24. The lowest BCUT2D eigenvalue weighted by molar-refractivity contribution is -0.139. The molecule has 0 saturated carbocycles. The van der Waals surface area contributed by atoms with Crippen molar-refractivity contribution >= 4 is 27.5 Å². The lowest BCUT2D eigenvalue weighted by Gasteiger charge is -2.32. The van der Waals surface area contributed by atoms with E-state index in [1.54, 1.807) is 49.4 Å². The van der Waals surface area contributed by atoms with E-state index in [0.29, 0.717) is 11.5 Å². The van der Waals surface area contributed by atoms with Gasteiger partial charge in [-0.2, -0.15) is 0 Å². The second-order valence-electron chi connectivity index (χ2n) is 8.15. The number of methoxy groups -OCH3 is 2. The van der Waals surface area contributed by atoms with Crippen LogP contribution >= 0.6 is 0 Å². The number of para-hydroxylation sites is 2. The van der Waals surface area contributed by atoms with Gasteiger partial charge in [0.1, 0.15) is 24.1 Å². The van der Waals surface area contributed by atoms with E-state index in [-0.39, 0.29) is 24.2 Å². The molecule has 2 rings (SSSR count). The van der Waals surface area contributed by atoms with Crippen molar-refractivity contribution in [3.05, 3.63) is 54.1 Å². The summed E-state index contributed by atoms with van der Waals surface area (Å²) in [4.78, 5) is 27.7. The smallest absolute Gasteiger partial charge is 0.244 e. The molecule has 0 fully saturated rings. The van der Waals surface area contributed by atoms with Gasteiger partial charge in [-0.25, -0.2) is 8.42 Å². The van der Waals surface area contributed by atoms with Crippen LogP contribution in [-0.2, 0) is 26.2 Å². The second-order valence-corrected chi connectivity index (χ2v) is 10.1. The number of hydrogen-bond donors (Lipinski definition) is 1. The van der Waals surface area contributed by atoms with Crippen LogP contribution in [0.3, 0.4) is 0 Å². The minimum Gasteiger partial charge on any atom is -0.497 e. The normalized spacial score (nSPS) is 12.1. The van der Waals surface area contributed by atoms with Crippen LogP contribution in [-0.4, -0.2) is 64.2 Å². The molecule has 186 valence electrons. The van der Waals surface area contributed by atoms with Crippen LogP contribution in [0.2, 0.25) is 0 Å². The van der Waals surface area contributed by atoms with E-state index in [9.17, 15) is 18.0 Å². The molecule has 1 atom stereocenters. The molecule has 1 N–H and O–H groups in total. The zero-order chi connectivity index (χ0) is 25.5. The Morgan fingerprint density at radius 2 is 1.68 bits per heavy atom. The Morgan fingerprint density at radius 3 is 2.26 bits per heavy atom. The summed E-state index contributed by atoms with van der Waals surface area (Å²) in [5.41, 5.74) is 0.974. The minimum atomic E-state index is -3.84. The number of carbonyl (C=O) groups excluding carboxylic acids is 2. The van der Waals surface area contributed by atoms with Crippen molar-refractivity contribution in [3.8, 4) is 11.5 Å². The summed E-state index contributed by atoms with van der Waals surface area (Å²) in [7, 11) is -0.878. The molecule has 2 amide bonds. The number of ether oxygens (including phenoxy) is 2. The summed E-state index contributed by atoms with van der Waals surface area (Å²) >= 11 is 0. The highest BCUT2D eigenvalue weighted by Crippen LogP contribution is 2.29. The predicted molar refractivity (Wildman–Crippen MR) is 131 cm³/mol. The fraction of sp³-hybridized carbons (Fsp3) is 0.417. The van der Waals surface area contributed by atoms with E-state index in [0.717, 1.165) is 16.1 Å². The van der Waals surface area contributed by atoms with Crippen LogP contribution in [0.15, 0.2) is 48.5 Å². The molecule has 0 saturated heterocycles. The van der Waals surface area contributed by atoms with E-state index in [2.05, 4.69) is 5.32 Å². The molecule has 0 aromatic heterocycles. The first-order valence-electron chi connectivity index (χ1n) is 10.8. The van der Waals surface area contributed by atoms with Crippen molar-refractivity contribution in [2.45, 2.75) is 39.4 Å². The van der Waals surface area contributed by atoms with E-state index >= 15 is 0 Å². The average molecular weight is 492 g/mol. The molecule has 0 aliphatic rings. The molecule has 0 heterocycles. The number of carbonyl (C=O) groups is 2. The molecule has 0 unspecified atom stereocenters. The van der Waals surface area contributed by atoms with Crippen LogP contribution in [0.1, 0.15) is 26.3 Å². The molecule has 0 aliphatic carbocycles. The Hall–Kier alpha value is -3.27. The van der Waals surface area contributed by atoms with E-state index in [1.165, 1.54) is 19.1 Å². The lowest BCUT2D eigenvalue weighted by Crippen LogP contribution is -2.52. The third-order valence-corrected chi connectivity index (χ3v) is 6.24. The maximum absolute atomic E-state index is 13.5. The van der Waals surface area contributed by atoms with Crippen LogP contribution < -0.4 is 19.1 Å². The summed E-state index contributed by atoms with van der Waals surface area (Å²) < 4.78 is 36.9. The van der Waals surface area contributed by atoms with E-state index in [1.807, 2.05) is 19.9 Å². The monoisotopic (exact) mass is 491 g/mol. The van der Waals surface area contributed by atoms with Gasteiger partial charge in [-0.15, -0.1) is 0 Å². The first-order chi connectivity index (χ1) is 16.0. The van der Waals surface area contributed by atoms with Gasteiger partial charge in [-0.05, 0) is 50.6 Å².